The van der Waals surface area contributed by atoms with Crippen LogP contribution in [0.15, 0.2) is 21.2 Å². The summed E-state index contributed by atoms with van der Waals surface area (Å²) in [6.45, 7) is 1.95. The van der Waals surface area contributed by atoms with E-state index < -0.39 is 6.10 Å². The summed E-state index contributed by atoms with van der Waals surface area (Å²) in [6, 6.07) is 1.75. The van der Waals surface area contributed by atoms with Gasteiger partial charge in [0.05, 0.1) is 16.8 Å². The molecule has 74 valence electrons. The fourth-order valence-corrected chi connectivity index (χ4v) is 1.64. The van der Waals surface area contributed by atoms with Crippen LogP contribution in [-0.4, -0.2) is 18.3 Å². The standard InChI is InChI=1S/C9H13BrO3/c1-3-7(12-2)8(11)9-6(10)4-5-13-9/h4-5,7-8,11H,3H2,1-2H3. The Morgan fingerprint density at radius 1 is 1.69 bits per heavy atom. The van der Waals surface area contributed by atoms with Crippen molar-refractivity contribution in [1.82, 2.24) is 0 Å². The molecule has 0 radical (unpaired) electrons. The number of aliphatic hydroxyl groups is 1. The molecule has 3 nitrogen and oxygen atoms in total. The number of furan rings is 1. The second-order valence-electron chi connectivity index (χ2n) is 2.76. The van der Waals surface area contributed by atoms with Gasteiger partial charge < -0.3 is 14.3 Å². The molecule has 0 amide bonds. The second kappa shape index (κ2) is 4.79. The number of hydrogen-bond acceptors (Lipinski definition) is 3. The molecule has 0 spiro atoms. The van der Waals surface area contributed by atoms with Crippen LogP contribution in [0.4, 0.5) is 0 Å². The zero-order valence-electron chi connectivity index (χ0n) is 7.66. The molecule has 0 saturated carbocycles. The molecule has 0 saturated heterocycles. The maximum atomic E-state index is 9.80. The van der Waals surface area contributed by atoms with Gasteiger partial charge in [-0.15, -0.1) is 0 Å². The molecule has 0 fully saturated rings. The van der Waals surface area contributed by atoms with Gasteiger partial charge in [-0.3, -0.25) is 0 Å². The summed E-state index contributed by atoms with van der Waals surface area (Å²) in [5.41, 5.74) is 0. The van der Waals surface area contributed by atoms with Gasteiger partial charge in [-0.05, 0) is 28.4 Å². The Morgan fingerprint density at radius 2 is 2.38 bits per heavy atom. The summed E-state index contributed by atoms with van der Waals surface area (Å²) in [6.07, 6.45) is 1.34. The molecule has 0 aliphatic carbocycles. The normalized spacial score (nSPS) is 15.7. The van der Waals surface area contributed by atoms with Gasteiger partial charge in [0.2, 0.25) is 0 Å². The van der Waals surface area contributed by atoms with Crippen molar-refractivity contribution in [3.05, 3.63) is 22.6 Å². The van der Waals surface area contributed by atoms with E-state index in [4.69, 9.17) is 9.15 Å². The Kier molecular flexibility index (Phi) is 3.96. The highest BCUT2D eigenvalue weighted by molar-refractivity contribution is 9.10. The van der Waals surface area contributed by atoms with Crippen molar-refractivity contribution in [2.24, 2.45) is 0 Å². The Labute approximate surface area is 85.8 Å². The lowest BCUT2D eigenvalue weighted by molar-refractivity contribution is -0.0253. The van der Waals surface area contributed by atoms with Crippen LogP contribution in [0.5, 0.6) is 0 Å². The molecule has 0 aliphatic rings. The minimum atomic E-state index is -0.709. The summed E-state index contributed by atoms with van der Waals surface area (Å²) in [7, 11) is 1.58. The van der Waals surface area contributed by atoms with E-state index in [1.54, 1.807) is 13.2 Å². The van der Waals surface area contributed by atoms with Crippen LogP contribution in [0, 0.1) is 0 Å². The third-order valence-corrected chi connectivity index (χ3v) is 2.63. The molecule has 1 heterocycles. The van der Waals surface area contributed by atoms with E-state index in [1.165, 1.54) is 6.26 Å². The second-order valence-corrected chi connectivity index (χ2v) is 3.61. The van der Waals surface area contributed by atoms with Crippen molar-refractivity contribution in [3.8, 4) is 0 Å². The highest BCUT2D eigenvalue weighted by Crippen LogP contribution is 2.28. The van der Waals surface area contributed by atoms with Gasteiger partial charge in [0.15, 0.2) is 0 Å². The first-order chi connectivity index (χ1) is 6.20. The van der Waals surface area contributed by atoms with E-state index in [1.807, 2.05) is 6.92 Å². The first kappa shape index (κ1) is 10.8. The van der Waals surface area contributed by atoms with Gasteiger partial charge in [-0.2, -0.15) is 0 Å². The SMILES string of the molecule is CCC(OC)C(O)c1occc1Br. The molecule has 4 heteroatoms. The highest BCUT2D eigenvalue weighted by atomic mass is 79.9. The molecule has 1 aromatic heterocycles. The monoisotopic (exact) mass is 248 g/mol. The Hall–Kier alpha value is -0.320. The largest absolute Gasteiger partial charge is 0.465 e. The zero-order valence-corrected chi connectivity index (χ0v) is 9.24. The molecule has 0 aliphatic heterocycles. The van der Waals surface area contributed by atoms with Gasteiger partial charge in [-0.1, -0.05) is 6.92 Å². The summed E-state index contributed by atoms with van der Waals surface area (Å²) in [5.74, 6) is 0.522. The Morgan fingerprint density at radius 3 is 2.77 bits per heavy atom. The Balaban J connectivity index is 2.77. The third-order valence-electron chi connectivity index (χ3n) is 1.97. The minimum Gasteiger partial charge on any atom is -0.465 e. The lowest BCUT2D eigenvalue weighted by atomic mass is 10.1. The smallest absolute Gasteiger partial charge is 0.149 e. The maximum Gasteiger partial charge on any atom is 0.149 e. The lowest BCUT2D eigenvalue weighted by Gasteiger charge is -2.18. The van der Waals surface area contributed by atoms with Crippen molar-refractivity contribution in [3.63, 3.8) is 0 Å². The van der Waals surface area contributed by atoms with E-state index in [9.17, 15) is 5.11 Å². The topological polar surface area (TPSA) is 42.6 Å². The van der Waals surface area contributed by atoms with Crippen LogP contribution in [0.25, 0.3) is 0 Å². The molecule has 2 atom stereocenters. The van der Waals surface area contributed by atoms with Crippen LogP contribution in [0.1, 0.15) is 25.2 Å². The van der Waals surface area contributed by atoms with Crippen LogP contribution in [0.3, 0.4) is 0 Å². The highest BCUT2D eigenvalue weighted by Gasteiger charge is 2.23. The summed E-state index contributed by atoms with van der Waals surface area (Å²) in [5, 5.41) is 9.80. The number of methoxy groups -OCH3 is 1. The van der Waals surface area contributed by atoms with Crippen LogP contribution >= 0.6 is 15.9 Å². The van der Waals surface area contributed by atoms with Crippen LogP contribution in [0.2, 0.25) is 0 Å². The number of ether oxygens (including phenoxy) is 1. The fraction of sp³-hybridized carbons (Fsp3) is 0.556. The van der Waals surface area contributed by atoms with E-state index in [-0.39, 0.29) is 6.10 Å². The molecule has 0 aromatic carbocycles. The van der Waals surface area contributed by atoms with E-state index in [0.717, 1.165) is 10.9 Å². The van der Waals surface area contributed by atoms with Crippen molar-refractivity contribution < 1.29 is 14.3 Å². The minimum absolute atomic E-state index is 0.220. The van der Waals surface area contributed by atoms with E-state index in [2.05, 4.69) is 15.9 Å². The van der Waals surface area contributed by atoms with Gasteiger partial charge in [0.25, 0.3) is 0 Å². The summed E-state index contributed by atoms with van der Waals surface area (Å²) < 4.78 is 11.0. The van der Waals surface area contributed by atoms with Crippen LogP contribution < -0.4 is 0 Å². The van der Waals surface area contributed by atoms with Crippen molar-refractivity contribution in [2.75, 3.05) is 7.11 Å². The molecule has 1 rings (SSSR count). The quantitative estimate of drug-likeness (QED) is 0.891. The van der Waals surface area contributed by atoms with Crippen molar-refractivity contribution >= 4 is 15.9 Å². The van der Waals surface area contributed by atoms with Crippen molar-refractivity contribution in [1.29, 1.82) is 0 Å². The average Bonchev–Trinajstić information content (AvgIpc) is 2.53. The van der Waals surface area contributed by atoms with E-state index in [0.29, 0.717) is 5.76 Å². The average molecular weight is 249 g/mol. The fourth-order valence-electron chi connectivity index (χ4n) is 1.20. The molecule has 2 unspecified atom stereocenters. The maximum absolute atomic E-state index is 9.80. The van der Waals surface area contributed by atoms with Gasteiger partial charge in [0.1, 0.15) is 11.9 Å². The predicted octanol–water partition coefficient (Wildman–Crippen LogP) is 2.50. The Bertz CT molecular complexity index is 255. The van der Waals surface area contributed by atoms with Gasteiger partial charge in [-0.25, -0.2) is 0 Å². The number of rotatable bonds is 4. The first-order valence-electron chi connectivity index (χ1n) is 4.14. The van der Waals surface area contributed by atoms with Crippen LogP contribution in [-0.2, 0) is 4.74 Å². The molecule has 0 bridgehead atoms. The van der Waals surface area contributed by atoms with E-state index >= 15 is 0 Å². The molecule has 13 heavy (non-hydrogen) atoms. The molecule has 1 N–H and O–H groups in total. The molecular formula is C9H13BrO3. The third kappa shape index (κ3) is 2.33. The zero-order chi connectivity index (χ0) is 9.84. The van der Waals surface area contributed by atoms with Crippen molar-refractivity contribution in [2.45, 2.75) is 25.6 Å². The summed E-state index contributed by atoms with van der Waals surface area (Å²) >= 11 is 3.28. The lowest BCUT2D eigenvalue weighted by Crippen LogP contribution is -2.19. The first-order valence-corrected chi connectivity index (χ1v) is 4.93. The van der Waals surface area contributed by atoms with Gasteiger partial charge in [0, 0.05) is 7.11 Å². The predicted molar refractivity (Wildman–Crippen MR) is 52.5 cm³/mol. The number of hydrogen-bond donors (Lipinski definition) is 1. The number of halogens is 1. The molecular weight excluding hydrogens is 236 g/mol. The number of aliphatic hydroxyl groups excluding tert-OH is 1. The van der Waals surface area contributed by atoms with Gasteiger partial charge >= 0.3 is 0 Å². The summed E-state index contributed by atoms with van der Waals surface area (Å²) in [4.78, 5) is 0. The molecule has 1 aromatic rings.